The van der Waals surface area contributed by atoms with E-state index in [4.69, 9.17) is 0 Å². The van der Waals surface area contributed by atoms with Crippen molar-refractivity contribution in [2.45, 2.75) is 0 Å². The van der Waals surface area contributed by atoms with Crippen molar-refractivity contribution in [2.75, 3.05) is 0 Å². The molecule has 6 heavy (non-hydrogen) atoms. The minimum absolute atomic E-state index is 0. The molecule has 0 fully saturated rings. The molecule has 0 amide bonds. The third kappa shape index (κ3) is 99.0. The van der Waals surface area contributed by atoms with E-state index in [1.807, 2.05) is 0 Å². The molecule has 0 saturated carbocycles. The van der Waals surface area contributed by atoms with Gasteiger partial charge in [0.05, 0.1) is 0 Å². The summed E-state index contributed by atoms with van der Waals surface area (Å²) in [6.45, 7) is 0. The Bertz CT molecular complexity index is 7.51. The number of rotatable bonds is 0. The van der Waals surface area contributed by atoms with Crippen molar-refractivity contribution in [3.63, 3.8) is 0 Å². The molecule has 6 heteroatoms. The Hall–Kier alpha value is 0.853. The molecule has 0 aliphatic rings. The predicted molar refractivity (Wildman–Crippen MR) is 2.75 cm³/mol. The molecule has 0 saturated heterocycles. The molecule has 46 valence electrons. The van der Waals surface area contributed by atoms with E-state index in [0.717, 1.165) is 0 Å². The first-order valence-corrected chi connectivity index (χ1v) is 0. The third-order valence-electron chi connectivity index (χ3n) is 0. The Balaban J connectivity index is 0. The van der Waals surface area contributed by atoms with Gasteiger partial charge < -0.3 is 21.9 Å². The molecule has 0 aromatic heterocycles. The van der Waals surface area contributed by atoms with Crippen LogP contribution in [0.1, 0.15) is 0 Å². The van der Waals surface area contributed by atoms with E-state index in [1.54, 1.807) is 0 Å². The van der Waals surface area contributed by atoms with E-state index >= 15 is 0 Å². The Labute approximate surface area is 55.9 Å². The fraction of sp³-hybridized carbons (Fsp3) is 0. The molecule has 0 unspecified atom stereocenters. The van der Waals surface area contributed by atoms with Gasteiger partial charge in [-0.2, -0.15) is 0 Å². The summed E-state index contributed by atoms with van der Waals surface area (Å²) in [5, 5.41) is 0. The van der Waals surface area contributed by atoms with Crippen LogP contribution in [-0.2, 0) is 55.5 Å². The monoisotopic (exact) mass is 178 g/mol. The maximum Gasteiger partial charge on any atom is 2.00 e. The molecule has 0 aromatic carbocycles. The van der Waals surface area contributed by atoms with E-state index in [2.05, 4.69) is 0 Å². The number of hydrogen-bond donors (Lipinski definition) is 0. The Morgan fingerprint density at radius 1 is 0.500 bits per heavy atom. The Kier molecular flexibility index (Phi) is 10200. The summed E-state index contributed by atoms with van der Waals surface area (Å²) in [6, 6.07) is 0. The summed E-state index contributed by atoms with van der Waals surface area (Å²) in [5.74, 6) is 0. The molecule has 0 spiro atoms. The smallest absolute Gasteiger partial charge is 2.00 e. The van der Waals surface area contributed by atoms with Crippen LogP contribution in [-0.4, -0.2) is 0 Å². The molecule has 0 N–H and O–H groups in total. The maximum atomic E-state index is 0. The van der Waals surface area contributed by atoms with Crippen LogP contribution in [0.2, 0.25) is 0 Å². The van der Waals surface area contributed by atoms with E-state index in [1.165, 1.54) is 0 Å². The zero-order chi connectivity index (χ0) is 0. The first-order valence-electron chi connectivity index (χ1n) is 0. The van der Waals surface area contributed by atoms with Gasteiger partial charge in [0.2, 0.25) is 0 Å². The van der Waals surface area contributed by atoms with E-state index < -0.39 is 0 Å². The van der Waals surface area contributed by atoms with Gasteiger partial charge in [-0.05, 0) is 0 Å². The van der Waals surface area contributed by atoms with Crippen LogP contribution >= 0.6 is 0 Å². The van der Waals surface area contributed by atoms with Gasteiger partial charge in [-0.1, -0.05) is 0 Å². The Morgan fingerprint density at radius 3 is 0.500 bits per heavy atom. The molecule has 0 aliphatic carbocycles. The minimum Gasteiger partial charge on any atom is -2.00 e. The fourth-order valence-corrected chi connectivity index (χ4v) is 0. The molecule has 0 aliphatic heterocycles. The van der Waals surface area contributed by atoms with Crippen LogP contribution in [0.5, 0.6) is 0 Å². The van der Waals surface area contributed by atoms with Gasteiger partial charge in [0.1, 0.15) is 0 Å². The molecule has 0 heterocycles. The van der Waals surface area contributed by atoms with Gasteiger partial charge in [0.25, 0.3) is 0 Å². The number of hydrogen-bond acceptors (Lipinski definition) is 0. The van der Waals surface area contributed by atoms with E-state index in [0.29, 0.717) is 0 Å². The second-order valence-corrected chi connectivity index (χ2v) is 0. The van der Waals surface area contributed by atoms with Gasteiger partial charge in [-0.25, -0.2) is 0 Å². The topological polar surface area (TPSA) is 114 Å². The van der Waals surface area contributed by atoms with Gasteiger partial charge in [0, 0.05) is 0 Å². The van der Waals surface area contributed by atoms with Crippen LogP contribution < -0.4 is 0 Å². The zero-order valence-corrected chi connectivity index (χ0v) is 4.39. The minimum atomic E-state index is 0. The standard InChI is InChI=1S/Fe.Ni.4O/q2*+2;4*-2. The third-order valence-corrected chi connectivity index (χ3v) is 0. The molecule has 4 nitrogen and oxygen atoms in total. The first kappa shape index (κ1) is 323. The van der Waals surface area contributed by atoms with Crippen molar-refractivity contribution in [1.29, 1.82) is 0 Å². The molecule has 0 rings (SSSR count). The van der Waals surface area contributed by atoms with Crippen molar-refractivity contribution in [3.8, 4) is 0 Å². The average molecular weight is 179 g/mol. The normalized spacial score (nSPS) is 0. The van der Waals surface area contributed by atoms with Gasteiger partial charge >= 0.3 is 33.6 Å². The SMILES string of the molecule is [Fe+2].[Ni+2].[O-2].[O-2].[O-2].[O-2]. The van der Waals surface area contributed by atoms with Gasteiger partial charge in [-0.3, -0.25) is 0 Å². The van der Waals surface area contributed by atoms with Crippen molar-refractivity contribution in [3.05, 3.63) is 0 Å². The second kappa shape index (κ2) is 189. The molecule has 0 bridgehead atoms. The largest absolute Gasteiger partial charge is 2.00 e. The van der Waals surface area contributed by atoms with Crippen LogP contribution in [0.15, 0.2) is 0 Å². The van der Waals surface area contributed by atoms with Crippen LogP contribution in [0.3, 0.4) is 0 Å². The summed E-state index contributed by atoms with van der Waals surface area (Å²) >= 11 is 0. The van der Waals surface area contributed by atoms with Crippen molar-refractivity contribution >= 4 is 0 Å². The average Bonchev–Trinajstić information content (AvgIpc) is 0. The maximum absolute atomic E-state index is 0. The summed E-state index contributed by atoms with van der Waals surface area (Å²) < 4.78 is 0. The second-order valence-electron chi connectivity index (χ2n) is 0. The quantitative estimate of drug-likeness (QED) is 0.446. The first-order chi connectivity index (χ1) is 0. The summed E-state index contributed by atoms with van der Waals surface area (Å²) in [5.41, 5.74) is 0. The predicted octanol–water partition coefficient (Wildman–Crippen LogP) is -0.480. The van der Waals surface area contributed by atoms with Crippen LogP contribution in [0.25, 0.3) is 0 Å². The molecular formula is FeNiO4-4. The van der Waals surface area contributed by atoms with Gasteiger partial charge in [-0.15, -0.1) is 0 Å². The van der Waals surface area contributed by atoms with Gasteiger partial charge in [0.15, 0.2) is 0 Å². The summed E-state index contributed by atoms with van der Waals surface area (Å²) in [7, 11) is 0. The van der Waals surface area contributed by atoms with Crippen LogP contribution in [0.4, 0.5) is 0 Å². The zero-order valence-electron chi connectivity index (χ0n) is 2.30. The van der Waals surface area contributed by atoms with Crippen molar-refractivity contribution < 1.29 is 55.5 Å². The summed E-state index contributed by atoms with van der Waals surface area (Å²) in [6.07, 6.45) is 0. The van der Waals surface area contributed by atoms with E-state index in [-0.39, 0.29) is 55.5 Å². The molecule has 0 atom stereocenters. The molecule has 0 radical (unpaired) electrons. The van der Waals surface area contributed by atoms with Crippen molar-refractivity contribution in [1.82, 2.24) is 0 Å². The Morgan fingerprint density at radius 2 is 0.500 bits per heavy atom. The summed E-state index contributed by atoms with van der Waals surface area (Å²) in [4.78, 5) is 0. The van der Waals surface area contributed by atoms with Crippen molar-refractivity contribution in [2.24, 2.45) is 0 Å². The fourth-order valence-electron chi connectivity index (χ4n) is 0. The molecular weight excluding hydrogens is 179 g/mol. The molecule has 0 aromatic rings. The van der Waals surface area contributed by atoms with Crippen LogP contribution in [0, 0.1) is 0 Å². The van der Waals surface area contributed by atoms with E-state index in [9.17, 15) is 0 Å².